The van der Waals surface area contributed by atoms with Crippen LogP contribution in [0.2, 0.25) is 0 Å². The van der Waals surface area contributed by atoms with Crippen molar-refractivity contribution in [3.63, 3.8) is 0 Å². The molecule has 1 aliphatic heterocycles. The maximum atomic E-state index is 11.8. The molecule has 3 aromatic rings. The van der Waals surface area contributed by atoms with E-state index in [0.29, 0.717) is 26.4 Å². The Morgan fingerprint density at radius 3 is 2.79 bits per heavy atom. The molecule has 0 radical (unpaired) electrons. The molecule has 0 atom stereocenters. The van der Waals surface area contributed by atoms with Crippen LogP contribution >= 0.6 is 0 Å². The van der Waals surface area contributed by atoms with Gasteiger partial charge in [-0.15, -0.1) is 0 Å². The summed E-state index contributed by atoms with van der Waals surface area (Å²) in [5.74, 6) is 0.816. The van der Waals surface area contributed by atoms with Crippen LogP contribution in [0, 0.1) is 0 Å². The summed E-state index contributed by atoms with van der Waals surface area (Å²) in [6, 6.07) is 11.9. The minimum absolute atomic E-state index is 0.220. The Labute approximate surface area is 162 Å². The molecular weight excluding hydrogens is 356 g/mol. The monoisotopic (exact) mass is 378 g/mol. The summed E-state index contributed by atoms with van der Waals surface area (Å²) >= 11 is 0. The van der Waals surface area contributed by atoms with Crippen LogP contribution in [0.5, 0.6) is 5.75 Å². The zero-order valence-electron chi connectivity index (χ0n) is 15.7. The zero-order valence-corrected chi connectivity index (χ0v) is 15.7. The standard InChI is InChI=1S/C22H22N2O4/c1-26-19-4-2-15(3-5-19)13-28-14-18-10-17(16-6-8-27-9-7-16)11-20-22(18)24-21(25)12-23-20/h2-6,10-12H,7-9,13-14H2,1H3,(H,24,25). The van der Waals surface area contributed by atoms with Gasteiger partial charge in [0.25, 0.3) is 5.56 Å². The van der Waals surface area contributed by atoms with Gasteiger partial charge < -0.3 is 19.2 Å². The number of aromatic amines is 1. The lowest BCUT2D eigenvalue weighted by atomic mass is 9.98. The Kier molecular flexibility index (Phi) is 5.50. The number of H-pyrrole nitrogens is 1. The molecule has 2 heterocycles. The van der Waals surface area contributed by atoms with Gasteiger partial charge in [0.2, 0.25) is 0 Å². The van der Waals surface area contributed by atoms with Crippen LogP contribution in [0.1, 0.15) is 23.1 Å². The van der Waals surface area contributed by atoms with Crippen molar-refractivity contribution in [1.82, 2.24) is 9.97 Å². The van der Waals surface area contributed by atoms with Crippen LogP contribution in [0.3, 0.4) is 0 Å². The highest BCUT2D eigenvalue weighted by Crippen LogP contribution is 2.26. The third kappa shape index (κ3) is 4.13. The molecule has 1 aliphatic rings. The molecule has 4 rings (SSSR count). The number of hydrogen-bond acceptors (Lipinski definition) is 5. The SMILES string of the molecule is COc1ccc(COCc2cc(C3=CCOCC3)cc3ncc(=O)[nH]c23)cc1. The average molecular weight is 378 g/mol. The first-order valence-electron chi connectivity index (χ1n) is 9.23. The largest absolute Gasteiger partial charge is 0.497 e. The number of hydrogen-bond donors (Lipinski definition) is 1. The number of fused-ring (bicyclic) bond motifs is 1. The summed E-state index contributed by atoms with van der Waals surface area (Å²) in [4.78, 5) is 19.0. The van der Waals surface area contributed by atoms with Crippen molar-refractivity contribution in [3.8, 4) is 5.75 Å². The Bertz CT molecular complexity index is 1050. The highest BCUT2D eigenvalue weighted by atomic mass is 16.5. The highest BCUT2D eigenvalue weighted by Gasteiger charge is 2.12. The Hall–Kier alpha value is -2.96. The zero-order chi connectivity index (χ0) is 19.3. The summed E-state index contributed by atoms with van der Waals surface area (Å²) in [5, 5.41) is 0. The fraction of sp³-hybridized carbons (Fsp3) is 0.273. The normalized spacial score (nSPS) is 14.1. The molecule has 28 heavy (non-hydrogen) atoms. The summed E-state index contributed by atoms with van der Waals surface area (Å²) in [7, 11) is 1.65. The Morgan fingerprint density at radius 1 is 1.18 bits per heavy atom. The van der Waals surface area contributed by atoms with E-state index in [1.165, 1.54) is 11.8 Å². The molecule has 6 heteroatoms. The first-order valence-corrected chi connectivity index (χ1v) is 9.23. The molecular formula is C22H22N2O4. The van der Waals surface area contributed by atoms with Crippen LogP contribution in [-0.2, 0) is 22.7 Å². The summed E-state index contributed by atoms with van der Waals surface area (Å²) in [6.45, 7) is 2.18. The van der Waals surface area contributed by atoms with E-state index < -0.39 is 0 Å². The molecule has 0 saturated heterocycles. The van der Waals surface area contributed by atoms with Gasteiger partial charge in [-0.3, -0.25) is 4.79 Å². The summed E-state index contributed by atoms with van der Waals surface area (Å²) in [5.41, 5.74) is 5.56. The predicted octanol–water partition coefficient (Wildman–Crippen LogP) is 3.45. The molecule has 1 N–H and O–H groups in total. The lowest BCUT2D eigenvalue weighted by Crippen LogP contribution is -2.09. The third-order valence-corrected chi connectivity index (χ3v) is 4.79. The molecule has 144 valence electrons. The molecule has 0 amide bonds. The molecule has 2 aromatic carbocycles. The number of methoxy groups -OCH3 is 1. The van der Waals surface area contributed by atoms with Gasteiger partial charge in [0, 0.05) is 5.56 Å². The van der Waals surface area contributed by atoms with E-state index in [4.69, 9.17) is 14.2 Å². The average Bonchev–Trinajstić information content (AvgIpc) is 2.75. The number of nitrogens with zero attached hydrogens (tertiary/aromatic N) is 1. The predicted molar refractivity (Wildman–Crippen MR) is 107 cm³/mol. The maximum Gasteiger partial charge on any atom is 0.266 e. The molecule has 0 aliphatic carbocycles. The van der Waals surface area contributed by atoms with Crippen LogP contribution < -0.4 is 10.3 Å². The molecule has 0 unspecified atom stereocenters. The van der Waals surface area contributed by atoms with Crippen LogP contribution in [0.15, 0.2) is 53.5 Å². The van der Waals surface area contributed by atoms with Gasteiger partial charge in [0.1, 0.15) is 5.75 Å². The second-order valence-electron chi connectivity index (χ2n) is 6.67. The fourth-order valence-corrected chi connectivity index (χ4v) is 3.30. The topological polar surface area (TPSA) is 73.4 Å². The van der Waals surface area contributed by atoms with E-state index in [0.717, 1.165) is 39.9 Å². The molecule has 0 saturated carbocycles. The van der Waals surface area contributed by atoms with Crippen molar-refractivity contribution in [1.29, 1.82) is 0 Å². The van der Waals surface area contributed by atoms with Gasteiger partial charge in [-0.05, 0) is 47.4 Å². The van der Waals surface area contributed by atoms with Crippen molar-refractivity contribution in [3.05, 3.63) is 75.7 Å². The van der Waals surface area contributed by atoms with Gasteiger partial charge >= 0.3 is 0 Å². The summed E-state index contributed by atoms with van der Waals surface area (Å²) < 4.78 is 16.5. The van der Waals surface area contributed by atoms with E-state index in [1.54, 1.807) is 7.11 Å². The third-order valence-electron chi connectivity index (χ3n) is 4.79. The maximum absolute atomic E-state index is 11.8. The number of nitrogens with one attached hydrogen (secondary N) is 1. The fourth-order valence-electron chi connectivity index (χ4n) is 3.30. The minimum atomic E-state index is -0.220. The molecule has 0 bridgehead atoms. The van der Waals surface area contributed by atoms with Crippen LogP contribution in [0.25, 0.3) is 16.6 Å². The number of rotatable bonds is 6. The first kappa shape index (κ1) is 18.4. The van der Waals surface area contributed by atoms with Crippen molar-refractivity contribution < 1.29 is 14.2 Å². The van der Waals surface area contributed by atoms with Crippen LogP contribution in [0.4, 0.5) is 0 Å². The van der Waals surface area contributed by atoms with Gasteiger partial charge in [-0.2, -0.15) is 0 Å². The van der Waals surface area contributed by atoms with Crippen molar-refractivity contribution in [2.45, 2.75) is 19.6 Å². The first-order chi connectivity index (χ1) is 13.7. The quantitative estimate of drug-likeness (QED) is 0.711. The lowest BCUT2D eigenvalue weighted by molar-refractivity contribution is 0.108. The van der Waals surface area contributed by atoms with E-state index in [1.807, 2.05) is 30.3 Å². The smallest absolute Gasteiger partial charge is 0.266 e. The second-order valence-corrected chi connectivity index (χ2v) is 6.67. The van der Waals surface area contributed by atoms with E-state index in [9.17, 15) is 4.79 Å². The van der Waals surface area contributed by atoms with Crippen molar-refractivity contribution in [2.75, 3.05) is 20.3 Å². The Balaban J connectivity index is 1.59. The van der Waals surface area contributed by atoms with E-state index in [-0.39, 0.29) is 5.56 Å². The van der Waals surface area contributed by atoms with E-state index >= 15 is 0 Å². The number of ether oxygens (including phenoxy) is 3. The van der Waals surface area contributed by atoms with Gasteiger partial charge in [-0.25, -0.2) is 4.98 Å². The van der Waals surface area contributed by atoms with E-state index in [2.05, 4.69) is 22.1 Å². The van der Waals surface area contributed by atoms with Gasteiger partial charge in [-0.1, -0.05) is 18.2 Å². The number of aromatic nitrogens is 2. The lowest BCUT2D eigenvalue weighted by Gasteiger charge is -2.16. The number of benzene rings is 2. The molecule has 0 fully saturated rings. The molecule has 6 nitrogen and oxygen atoms in total. The minimum Gasteiger partial charge on any atom is -0.497 e. The van der Waals surface area contributed by atoms with Crippen molar-refractivity contribution >= 4 is 16.6 Å². The summed E-state index contributed by atoms with van der Waals surface area (Å²) in [6.07, 6.45) is 4.27. The highest BCUT2D eigenvalue weighted by molar-refractivity contribution is 5.83. The van der Waals surface area contributed by atoms with Gasteiger partial charge in [0.15, 0.2) is 0 Å². The van der Waals surface area contributed by atoms with Gasteiger partial charge in [0.05, 0.1) is 50.8 Å². The van der Waals surface area contributed by atoms with Crippen molar-refractivity contribution in [2.24, 2.45) is 0 Å². The molecule has 0 spiro atoms. The second kappa shape index (κ2) is 8.37. The molecule has 1 aromatic heterocycles. The Morgan fingerprint density at radius 2 is 2.04 bits per heavy atom. The van der Waals surface area contributed by atoms with Crippen LogP contribution in [-0.4, -0.2) is 30.3 Å².